The second-order valence-corrected chi connectivity index (χ2v) is 5.58. The summed E-state index contributed by atoms with van der Waals surface area (Å²) < 4.78 is 15.8. The third-order valence-corrected chi connectivity index (χ3v) is 4.11. The minimum Gasteiger partial charge on any atom is -0.497 e. The maximum absolute atomic E-state index is 9.44. The van der Waals surface area contributed by atoms with E-state index in [1.54, 1.807) is 27.5 Å². The molecule has 132 valence electrons. The van der Waals surface area contributed by atoms with Gasteiger partial charge in [-0.25, -0.2) is 0 Å². The number of hydrogen-bond donors (Lipinski definition) is 1. The van der Waals surface area contributed by atoms with E-state index in [4.69, 9.17) is 14.2 Å². The number of rotatable bonds is 6. The van der Waals surface area contributed by atoms with E-state index in [0.717, 1.165) is 27.9 Å². The zero-order valence-electron chi connectivity index (χ0n) is 14.9. The Hall–Kier alpha value is -3.46. The van der Waals surface area contributed by atoms with Crippen LogP contribution in [0.4, 0.5) is 5.69 Å². The lowest BCUT2D eigenvalue weighted by molar-refractivity contribution is 0.354. The van der Waals surface area contributed by atoms with E-state index in [1.165, 1.54) is 0 Å². The van der Waals surface area contributed by atoms with E-state index in [1.807, 2.05) is 36.4 Å². The van der Waals surface area contributed by atoms with Crippen molar-refractivity contribution < 1.29 is 14.2 Å². The molecule has 6 heteroatoms. The van der Waals surface area contributed by atoms with Crippen LogP contribution >= 0.6 is 0 Å². The van der Waals surface area contributed by atoms with Crippen molar-refractivity contribution in [1.82, 2.24) is 4.98 Å². The summed E-state index contributed by atoms with van der Waals surface area (Å²) in [5, 5.41) is 13.7. The number of nitriles is 1. The fraction of sp³-hybridized carbons (Fsp3) is 0.200. The van der Waals surface area contributed by atoms with Crippen molar-refractivity contribution in [2.75, 3.05) is 26.6 Å². The normalized spacial score (nSPS) is 10.2. The summed E-state index contributed by atoms with van der Waals surface area (Å²) in [6.07, 6.45) is 1.57. The van der Waals surface area contributed by atoms with Crippen LogP contribution in [-0.4, -0.2) is 26.3 Å². The molecular formula is C20H19N3O3. The highest BCUT2D eigenvalue weighted by molar-refractivity contribution is 5.94. The lowest BCUT2D eigenvalue weighted by Crippen LogP contribution is -2.03. The van der Waals surface area contributed by atoms with Gasteiger partial charge >= 0.3 is 0 Å². The van der Waals surface area contributed by atoms with Crippen LogP contribution in [0.3, 0.4) is 0 Å². The van der Waals surface area contributed by atoms with E-state index in [0.29, 0.717) is 23.6 Å². The zero-order valence-corrected chi connectivity index (χ0v) is 14.9. The summed E-state index contributed by atoms with van der Waals surface area (Å²) in [5.41, 5.74) is 3.00. The molecule has 0 aliphatic heterocycles. The van der Waals surface area contributed by atoms with Crippen LogP contribution in [-0.2, 0) is 6.54 Å². The Morgan fingerprint density at radius 1 is 1.00 bits per heavy atom. The molecular weight excluding hydrogens is 330 g/mol. The summed E-state index contributed by atoms with van der Waals surface area (Å²) in [7, 11) is 4.82. The molecule has 0 atom stereocenters. The molecule has 0 aliphatic carbocycles. The number of nitrogens with zero attached hydrogens (tertiary/aromatic N) is 2. The maximum Gasteiger partial charge on any atom is 0.161 e. The standard InChI is InChI=1S/C20H19N3O3/c1-24-15-5-6-16-17(9-15)22-12-14(10-21)20(16)23-11-13-4-7-18(25-2)19(8-13)26-3/h4-9,12H,11H2,1-3H3,(H,22,23). The highest BCUT2D eigenvalue weighted by Crippen LogP contribution is 2.30. The smallest absolute Gasteiger partial charge is 0.161 e. The second-order valence-electron chi connectivity index (χ2n) is 5.58. The molecule has 1 heterocycles. The largest absolute Gasteiger partial charge is 0.497 e. The topological polar surface area (TPSA) is 76.4 Å². The van der Waals surface area contributed by atoms with Crippen LogP contribution < -0.4 is 19.5 Å². The minimum absolute atomic E-state index is 0.489. The highest BCUT2D eigenvalue weighted by Gasteiger charge is 2.11. The molecule has 0 spiro atoms. The number of pyridine rings is 1. The summed E-state index contributed by atoms with van der Waals surface area (Å²) in [6.45, 7) is 0.528. The fourth-order valence-corrected chi connectivity index (χ4v) is 2.76. The van der Waals surface area contributed by atoms with Crippen LogP contribution in [0.15, 0.2) is 42.6 Å². The Bertz CT molecular complexity index is 980. The van der Waals surface area contributed by atoms with Gasteiger partial charge in [-0.3, -0.25) is 4.98 Å². The lowest BCUT2D eigenvalue weighted by atomic mass is 10.1. The average molecular weight is 349 g/mol. The number of methoxy groups -OCH3 is 3. The number of benzene rings is 2. The molecule has 0 saturated carbocycles. The van der Waals surface area contributed by atoms with Gasteiger partial charge in [-0.15, -0.1) is 0 Å². The summed E-state index contributed by atoms with van der Waals surface area (Å²) in [4.78, 5) is 4.35. The molecule has 3 rings (SSSR count). The number of anilines is 1. The molecule has 3 aromatic rings. The summed E-state index contributed by atoms with van der Waals surface area (Å²) in [5.74, 6) is 2.06. The molecule has 2 aromatic carbocycles. The van der Waals surface area contributed by atoms with Gasteiger partial charge in [-0.05, 0) is 29.8 Å². The first-order valence-corrected chi connectivity index (χ1v) is 8.01. The summed E-state index contributed by atoms with van der Waals surface area (Å²) >= 11 is 0. The Morgan fingerprint density at radius 3 is 2.50 bits per heavy atom. The van der Waals surface area contributed by atoms with E-state index in [9.17, 15) is 5.26 Å². The average Bonchev–Trinajstić information content (AvgIpc) is 2.70. The first-order chi connectivity index (χ1) is 12.7. The fourth-order valence-electron chi connectivity index (χ4n) is 2.76. The van der Waals surface area contributed by atoms with Crippen LogP contribution in [0, 0.1) is 11.3 Å². The van der Waals surface area contributed by atoms with Gasteiger partial charge in [0.05, 0.1) is 38.1 Å². The predicted octanol–water partition coefficient (Wildman–Crippen LogP) is 3.74. The second kappa shape index (κ2) is 7.62. The van der Waals surface area contributed by atoms with Crippen molar-refractivity contribution in [1.29, 1.82) is 5.26 Å². The van der Waals surface area contributed by atoms with Crippen LogP contribution in [0.5, 0.6) is 17.2 Å². The van der Waals surface area contributed by atoms with Crippen LogP contribution in [0.25, 0.3) is 10.9 Å². The van der Waals surface area contributed by atoms with Crippen molar-refractivity contribution >= 4 is 16.6 Å². The third-order valence-electron chi connectivity index (χ3n) is 4.11. The zero-order chi connectivity index (χ0) is 18.5. The Morgan fingerprint density at radius 2 is 1.81 bits per heavy atom. The third kappa shape index (κ3) is 3.33. The number of fused-ring (bicyclic) bond motifs is 1. The quantitative estimate of drug-likeness (QED) is 0.730. The van der Waals surface area contributed by atoms with E-state index in [2.05, 4.69) is 16.4 Å². The molecule has 1 aromatic heterocycles. The minimum atomic E-state index is 0.489. The number of nitrogens with one attached hydrogen (secondary N) is 1. The Kier molecular flexibility index (Phi) is 5.09. The molecule has 0 bridgehead atoms. The molecule has 26 heavy (non-hydrogen) atoms. The van der Waals surface area contributed by atoms with Gasteiger partial charge in [0, 0.05) is 24.2 Å². The van der Waals surface area contributed by atoms with Gasteiger partial charge in [0.25, 0.3) is 0 Å². The predicted molar refractivity (Wildman–Crippen MR) is 99.9 cm³/mol. The number of aromatic nitrogens is 1. The summed E-state index contributed by atoms with van der Waals surface area (Å²) in [6, 6.07) is 13.5. The SMILES string of the molecule is COc1ccc2c(NCc3ccc(OC)c(OC)c3)c(C#N)cnc2c1. The van der Waals surface area contributed by atoms with Gasteiger partial charge in [0.2, 0.25) is 0 Å². The van der Waals surface area contributed by atoms with Crippen molar-refractivity contribution in [2.24, 2.45) is 0 Å². The molecule has 0 saturated heterocycles. The molecule has 0 amide bonds. The molecule has 0 radical (unpaired) electrons. The van der Waals surface area contributed by atoms with E-state index < -0.39 is 0 Å². The molecule has 0 aliphatic rings. The van der Waals surface area contributed by atoms with E-state index >= 15 is 0 Å². The van der Waals surface area contributed by atoms with E-state index in [-0.39, 0.29) is 0 Å². The Labute approximate surface area is 151 Å². The van der Waals surface area contributed by atoms with Gasteiger partial charge in [-0.1, -0.05) is 6.07 Å². The molecule has 0 unspecified atom stereocenters. The van der Waals surface area contributed by atoms with Crippen molar-refractivity contribution in [3.63, 3.8) is 0 Å². The van der Waals surface area contributed by atoms with Gasteiger partial charge in [-0.2, -0.15) is 5.26 Å². The van der Waals surface area contributed by atoms with Crippen molar-refractivity contribution in [2.45, 2.75) is 6.54 Å². The first-order valence-electron chi connectivity index (χ1n) is 8.01. The molecule has 0 fully saturated rings. The monoisotopic (exact) mass is 349 g/mol. The van der Waals surface area contributed by atoms with Crippen molar-refractivity contribution in [3.8, 4) is 23.3 Å². The van der Waals surface area contributed by atoms with Crippen LogP contribution in [0.1, 0.15) is 11.1 Å². The molecule has 6 nitrogen and oxygen atoms in total. The van der Waals surface area contributed by atoms with Gasteiger partial charge in [0.1, 0.15) is 11.8 Å². The lowest BCUT2D eigenvalue weighted by Gasteiger charge is -2.13. The van der Waals surface area contributed by atoms with Crippen molar-refractivity contribution in [3.05, 3.63) is 53.7 Å². The maximum atomic E-state index is 9.44. The number of ether oxygens (including phenoxy) is 3. The Balaban J connectivity index is 1.94. The first kappa shape index (κ1) is 17.4. The van der Waals surface area contributed by atoms with Crippen LogP contribution in [0.2, 0.25) is 0 Å². The van der Waals surface area contributed by atoms with Gasteiger partial charge < -0.3 is 19.5 Å². The highest BCUT2D eigenvalue weighted by atomic mass is 16.5. The molecule has 1 N–H and O–H groups in total. The van der Waals surface area contributed by atoms with Gasteiger partial charge in [0.15, 0.2) is 11.5 Å². The number of hydrogen-bond acceptors (Lipinski definition) is 6.